The second-order valence-corrected chi connectivity index (χ2v) is 2.72. The Bertz CT molecular complexity index is 67.9. The van der Waals surface area contributed by atoms with E-state index in [1.54, 1.807) is 12.7 Å². The van der Waals surface area contributed by atoms with Gasteiger partial charge in [0, 0.05) is 0 Å². The lowest BCUT2D eigenvalue weighted by molar-refractivity contribution is 0.593. The highest BCUT2D eigenvalue weighted by Gasteiger charge is 1.96. The van der Waals surface area contributed by atoms with E-state index in [0.29, 0.717) is 6.16 Å². The summed E-state index contributed by atoms with van der Waals surface area (Å²) >= 11 is 0. The maximum atomic E-state index is 10.1. The predicted molar refractivity (Wildman–Crippen MR) is 28.6 cm³/mol. The van der Waals surface area contributed by atoms with Gasteiger partial charge in [-0.15, -0.1) is 0 Å². The maximum Gasteiger partial charge on any atom is 0.339 e. The molecule has 1 atom stereocenters. The Kier molecular flexibility index (Phi) is 2.97. The molecule has 0 spiro atoms. The van der Waals surface area contributed by atoms with Crippen molar-refractivity contribution in [3.8, 4) is 0 Å². The third-order valence-electron chi connectivity index (χ3n) is 0.386. The number of allylic oxidation sites excluding steroid dienone is 1. The van der Waals surface area contributed by atoms with Crippen LogP contribution in [0.25, 0.3) is 0 Å². The van der Waals surface area contributed by atoms with Crippen LogP contribution in [-0.2, 0) is 4.57 Å². The van der Waals surface area contributed by atoms with Crippen molar-refractivity contribution in [3.05, 3.63) is 12.7 Å². The Balaban J connectivity index is 3.05. The molecule has 0 rings (SSSR count). The molecule has 34 valence electrons. The van der Waals surface area contributed by atoms with Gasteiger partial charge in [-0.3, -0.25) is 0 Å². The number of hydrogen-bond donors (Lipinski definition) is 0. The van der Waals surface area contributed by atoms with Gasteiger partial charge in [-0.05, 0) is 6.08 Å². The van der Waals surface area contributed by atoms with Crippen LogP contribution in [0.15, 0.2) is 12.7 Å². The third kappa shape index (κ3) is 3.84. The average molecular weight is 103 g/mol. The Morgan fingerprint density at radius 3 is 2.50 bits per heavy atom. The summed E-state index contributed by atoms with van der Waals surface area (Å²) < 4.78 is 10.1. The Morgan fingerprint density at radius 1 is 2.00 bits per heavy atom. The van der Waals surface area contributed by atoms with Gasteiger partial charge in [0.25, 0.3) is 0 Å². The lowest BCUT2D eigenvalue weighted by Gasteiger charge is -1.61. The van der Waals surface area contributed by atoms with E-state index < -0.39 is 7.80 Å². The fraction of sp³-hybridized carbons (Fsp3) is 0.500. The standard InChI is InChI=1S/C4H8OP/c1-3-4-6(2)5/h3H,1,4H2,2H3/q+1. The first kappa shape index (κ1) is 5.84. The molecule has 0 aliphatic heterocycles. The zero-order chi connectivity index (χ0) is 4.99. The van der Waals surface area contributed by atoms with E-state index in [-0.39, 0.29) is 0 Å². The van der Waals surface area contributed by atoms with Crippen LogP contribution >= 0.6 is 7.80 Å². The highest BCUT2D eigenvalue weighted by atomic mass is 31.1. The molecule has 0 saturated heterocycles. The van der Waals surface area contributed by atoms with Crippen molar-refractivity contribution in [2.75, 3.05) is 12.8 Å². The van der Waals surface area contributed by atoms with Crippen LogP contribution in [0.3, 0.4) is 0 Å². The Labute approximate surface area is 38.8 Å². The van der Waals surface area contributed by atoms with E-state index in [2.05, 4.69) is 6.58 Å². The van der Waals surface area contributed by atoms with E-state index in [0.717, 1.165) is 0 Å². The molecule has 1 unspecified atom stereocenters. The predicted octanol–water partition coefficient (Wildman–Crippen LogP) is 1.63. The molecule has 0 aliphatic rings. The quantitative estimate of drug-likeness (QED) is 0.383. The van der Waals surface area contributed by atoms with E-state index in [1.807, 2.05) is 0 Å². The largest absolute Gasteiger partial charge is 0.339 e. The van der Waals surface area contributed by atoms with Crippen LogP contribution in [0.2, 0.25) is 0 Å². The summed E-state index contributed by atoms with van der Waals surface area (Å²) in [5, 5.41) is 0. The zero-order valence-corrected chi connectivity index (χ0v) is 4.74. The van der Waals surface area contributed by atoms with Crippen molar-refractivity contribution in [1.29, 1.82) is 0 Å². The van der Waals surface area contributed by atoms with Gasteiger partial charge < -0.3 is 0 Å². The summed E-state index contributed by atoms with van der Waals surface area (Å²) in [5.41, 5.74) is 0. The van der Waals surface area contributed by atoms with E-state index in [1.165, 1.54) is 0 Å². The number of hydrogen-bond acceptors (Lipinski definition) is 1. The fourth-order valence-corrected chi connectivity index (χ4v) is 0.545. The van der Waals surface area contributed by atoms with Gasteiger partial charge in [0.2, 0.25) is 0 Å². The van der Waals surface area contributed by atoms with Gasteiger partial charge in [-0.1, -0.05) is 11.1 Å². The van der Waals surface area contributed by atoms with Crippen LogP contribution in [-0.4, -0.2) is 12.8 Å². The molecule has 6 heavy (non-hydrogen) atoms. The van der Waals surface area contributed by atoms with Crippen LogP contribution in [0.4, 0.5) is 0 Å². The van der Waals surface area contributed by atoms with Crippen molar-refractivity contribution in [3.63, 3.8) is 0 Å². The maximum absolute atomic E-state index is 10.1. The van der Waals surface area contributed by atoms with Crippen LogP contribution in [0.5, 0.6) is 0 Å². The molecule has 0 aromatic carbocycles. The van der Waals surface area contributed by atoms with Crippen LogP contribution in [0, 0.1) is 0 Å². The minimum atomic E-state index is -0.969. The molecule has 0 aromatic rings. The third-order valence-corrected chi connectivity index (χ3v) is 1.16. The highest BCUT2D eigenvalue weighted by molar-refractivity contribution is 7.43. The monoisotopic (exact) mass is 103 g/mol. The summed E-state index contributed by atoms with van der Waals surface area (Å²) in [5.74, 6) is 0. The topological polar surface area (TPSA) is 17.1 Å². The molecular weight excluding hydrogens is 95.0 g/mol. The summed E-state index contributed by atoms with van der Waals surface area (Å²) in [6.45, 7) is 5.11. The summed E-state index contributed by atoms with van der Waals surface area (Å²) in [4.78, 5) is 0. The molecule has 0 aliphatic carbocycles. The van der Waals surface area contributed by atoms with Gasteiger partial charge >= 0.3 is 7.80 Å². The first-order valence-corrected chi connectivity index (χ1v) is 3.65. The van der Waals surface area contributed by atoms with Gasteiger partial charge in [-0.25, -0.2) is 0 Å². The molecule has 0 heterocycles. The summed E-state index contributed by atoms with van der Waals surface area (Å²) in [6, 6.07) is 0. The second-order valence-electron chi connectivity index (χ2n) is 1.10. The summed E-state index contributed by atoms with van der Waals surface area (Å²) in [7, 11) is -0.969. The molecule has 0 bridgehead atoms. The van der Waals surface area contributed by atoms with Crippen molar-refractivity contribution in [2.24, 2.45) is 0 Å². The minimum absolute atomic E-state index is 0.648. The van der Waals surface area contributed by atoms with E-state index in [4.69, 9.17) is 0 Å². The molecule has 0 amide bonds. The van der Waals surface area contributed by atoms with E-state index >= 15 is 0 Å². The second kappa shape index (κ2) is 3.05. The Hall–Kier alpha value is -0.160. The molecule has 1 nitrogen and oxygen atoms in total. The number of rotatable bonds is 2. The smallest absolute Gasteiger partial charge is 0.0989 e. The first-order valence-electron chi connectivity index (χ1n) is 1.76. The normalized spacial score (nSPS) is 10.5. The van der Waals surface area contributed by atoms with Gasteiger partial charge in [0.15, 0.2) is 6.16 Å². The van der Waals surface area contributed by atoms with Gasteiger partial charge in [0.05, 0.1) is 0 Å². The van der Waals surface area contributed by atoms with Gasteiger partial charge in [0.1, 0.15) is 6.66 Å². The fourth-order valence-electron chi connectivity index (χ4n) is 0.182. The molecule has 0 radical (unpaired) electrons. The summed E-state index contributed by atoms with van der Waals surface area (Å²) in [6.07, 6.45) is 2.31. The molecule has 0 fully saturated rings. The minimum Gasteiger partial charge on any atom is -0.0989 e. The Morgan fingerprint density at radius 2 is 2.50 bits per heavy atom. The lowest BCUT2D eigenvalue weighted by atomic mass is 10.8. The van der Waals surface area contributed by atoms with Gasteiger partial charge in [-0.2, -0.15) is 0 Å². The molecule has 0 N–H and O–H groups in total. The van der Waals surface area contributed by atoms with Crippen LogP contribution in [0.1, 0.15) is 0 Å². The van der Waals surface area contributed by atoms with Crippen molar-refractivity contribution >= 4 is 7.80 Å². The van der Waals surface area contributed by atoms with Crippen molar-refractivity contribution in [1.82, 2.24) is 0 Å². The van der Waals surface area contributed by atoms with Crippen LogP contribution < -0.4 is 0 Å². The highest BCUT2D eigenvalue weighted by Crippen LogP contribution is 2.10. The van der Waals surface area contributed by atoms with E-state index in [9.17, 15) is 4.57 Å². The molecule has 0 aromatic heterocycles. The molecule has 0 saturated carbocycles. The first-order chi connectivity index (χ1) is 2.77. The van der Waals surface area contributed by atoms with Crippen molar-refractivity contribution in [2.45, 2.75) is 0 Å². The average Bonchev–Trinajstić information content (AvgIpc) is 1.35. The lowest BCUT2D eigenvalue weighted by Crippen LogP contribution is -1.60. The van der Waals surface area contributed by atoms with Crippen molar-refractivity contribution < 1.29 is 4.57 Å². The molecule has 2 heteroatoms. The SMILES string of the molecule is C=CC[P+](C)=O. The zero-order valence-electron chi connectivity index (χ0n) is 3.85. The molecular formula is C4H8OP+.